The second-order valence-corrected chi connectivity index (χ2v) is 6.83. The maximum Gasteiger partial charge on any atom is 0.0486 e. The van der Waals surface area contributed by atoms with Gasteiger partial charge in [0, 0.05) is 53.5 Å². The van der Waals surface area contributed by atoms with Crippen LogP contribution in [0.2, 0.25) is 0 Å². The van der Waals surface area contributed by atoms with Gasteiger partial charge in [-0.3, -0.25) is 9.88 Å². The summed E-state index contributed by atoms with van der Waals surface area (Å²) in [4.78, 5) is 6.71. The Balaban J connectivity index is 2.15. The minimum Gasteiger partial charge on any atom is -0.329 e. The monoisotopic (exact) mass is 315 g/mol. The van der Waals surface area contributed by atoms with Gasteiger partial charge in [0.05, 0.1) is 0 Å². The van der Waals surface area contributed by atoms with Gasteiger partial charge < -0.3 is 5.73 Å². The van der Waals surface area contributed by atoms with Crippen molar-refractivity contribution in [3.05, 3.63) is 28.5 Å². The molecule has 1 aliphatic heterocycles. The Hall–Kier alpha value is -0.100. The van der Waals surface area contributed by atoms with Crippen LogP contribution >= 0.6 is 27.7 Å². The molecule has 2 N–H and O–H groups in total. The zero-order chi connectivity index (χ0) is 12.3. The van der Waals surface area contributed by atoms with Crippen LogP contribution in [-0.2, 0) is 0 Å². The van der Waals surface area contributed by atoms with Crippen LogP contribution in [-0.4, -0.2) is 40.5 Å². The molecule has 2 atom stereocenters. The van der Waals surface area contributed by atoms with Crippen LogP contribution in [0.1, 0.15) is 18.5 Å². The number of hydrogen-bond acceptors (Lipinski definition) is 4. The summed E-state index contributed by atoms with van der Waals surface area (Å²) >= 11 is 5.51. The SMILES string of the molecule is CC1CN(C(CN)c2cncc(Br)c2)CCS1. The first kappa shape index (κ1) is 13.3. The highest BCUT2D eigenvalue weighted by Gasteiger charge is 2.24. The predicted octanol–water partition coefficient (Wildman–Crippen LogP) is 2.28. The molecule has 1 fully saturated rings. The van der Waals surface area contributed by atoms with E-state index in [1.807, 2.05) is 24.2 Å². The van der Waals surface area contributed by atoms with Gasteiger partial charge in [-0.2, -0.15) is 11.8 Å². The molecule has 0 spiro atoms. The highest BCUT2D eigenvalue weighted by Crippen LogP contribution is 2.27. The first-order chi connectivity index (χ1) is 8.20. The molecule has 0 aliphatic carbocycles. The van der Waals surface area contributed by atoms with E-state index in [0.717, 1.165) is 17.6 Å². The Labute approximate surface area is 115 Å². The molecule has 0 radical (unpaired) electrons. The minimum atomic E-state index is 0.295. The molecule has 0 saturated carbocycles. The van der Waals surface area contributed by atoms with E-state index in [0.29, 0.717) is 17.8 Å². The summed E-state index contributed by atoms with van der Waals surface area (Å²) in [5.74, 6) is 1.19. The summed E-state index contributed by atoms with van der Waals surface area (Å²) in [5.41, 5.74) is 7.15. The van der Waals surface area contributed by atoms with Crippen LogP contribution in [0.3, 0.4) is 0 Å². The Morgan fingerprint density at radius 3 is 3.12 bits per heavy atom. The lowest BCUT2D eigenvalue weighted by atomic mass is 10.1. The van der Waals surface area contributed by atoms with Gasteiger partial charge in [-0.15, -0.1) is 0 Å². The highest BCUT2D eigenvalue weighted by molar-refractivity contribution is 9.10. The van der Waals surface area contributed by atoms with Crippen molar-refractivity contribution in [1.29, 1.82) is 0 Å². The molecule has 1 aromatic heterocycles. The smallest absolute Gasteiger partial charge is 0.0486 e. The number of halogens is 1. The molecule has 17 heavy (non-hydrogen) atoms. The second kappa shape index (κ2) is 6.18. The van der Waals surface area contributed by atoms with Gasteiger partial charge in [0.15, 0.2) is 0 Å². The maximum absolute atomic E-state index is 5.94. The third kappa shape index (κ3) is 3.44. The summed E-state index contributed by atoms with van der Waals surface area (Å²) in [6.45, 7) is 5.15. The van der Waals surface area contributed by atoms with E-state index >= 15 is 0 Å². The highest BCUT2D eigenvalue weighted by atomic mass is 79.9. The minimum absolute atomic E-state index is 0.295. The largest absolute Gasteiger partial charge is 0.329 e. The molecule has 5 heteroatoms. The predicted molar refractivity (Wildman–Crippen MR) is 77.2 cm³/mol. The molecule has 2 unspecified atom stereocenters. The fourth-order valence-corrected chi connectivity index (χ4v) is 3.66. The lowest BCUT2D eigenvalue weighted by molar-refractivity contribution is 0.211. The molecule has 3 nitrogen and oxygen atoms in total. The molecule has 1 saturated heterocycles. The van der Waals surface area contributed by atoms with Gasteiger partial charge in [0.25, 0.3) is 0 Å². The van der Waals surface area contributed by atoms with Crippen molar-refractivity contribution in [3.8, 4) is 0 Å². The van der Waals surface area contributed by atoms with Gasteiger partial charge in [-0.1, -0.05) is 6.92 Å². The Bertz CT molecular complexity index is 375. The quantitative estimate of drug-likeness (QED) is 0.929. The number of hydrogen-bond donors (Lipinski definition) is 1. The molecule has 2 rings (SSSR count). The Morgan fingerprint density at radius 1 is 1.65 bits per heavy atom. The molecule has 0 bridgehead atoms. The summed E-state index contributed by atoms with van der Waals surface area (Å²) in [6.07, 6.45) is 3.74. The second-order valence-electron chi connectivity index (χ2n) is 4.36. The third-order valence-corrected chi connectivity index (χ3v) is 4.62. The number of nitrogens with two attached hydrogens (primary N) is 1. The molecule has 1 aromatic rings. The van der Waals surface area contributed by atoms with E-state index in [1.165, 1.54) is 11.3 Å². The maximum atomic E-state index is 5.94. The van der Waals surface area contributed by atoms with Gasteiger partial charge in [0.1, 0.15) is 0 Å². The topological polar surface area (TPSA) is 42.1 Å². The first-order valence-corrected chi connectivity index (χ1v) is 7.71. The number of pyridine rings is 1. The van der Waals surface area contributed by atoms with Crippen LogP contribution in [0.25, 0.3) is 0 Å². The molecular formula is C12H18BrN3S. The normalized spacial score (nSPS) is 23.6. The third-order valence-electron chi connectivity index (χ3n) is 3.05. The van der Waals surface area contributed by atoms with E-state index in [9.17, 15) is 0 Å². The van der Waals surface area contributed by atoms with E-state index in [2.05, 4.69) is 38.8 Å². The van der Waals surface area contributed by atoms with E-state index in [-0.39, 0.29) is 0 Å². The molecule has 0 aromatic carbocycles. The first-order valence-electron chi connectivity index (χ1n) is 5.87. The van der Waals surface area contributed by atoms with Crippen LogP contribution in [0.4, 0.5) is 0 Å². The van der Waals surface area contributed by atoms with Gasteiger partial charge in [-0.05, 0) is 27.6 Å². The van der Waals surface area contributed by atoms with Crippen LogP contribution in [0.15, 0.2) is 22.9 Å². The van der Waals surface area contributed by atoms with Crippen molar-refractivity contribution < 1.29 is 0 Å². The summed E-state index contributed by atoms with van der Waals surface area (Å²) in [7, 11) is 0. The van der Waals surface area contributed by atoms with Crippen molar-refractivity contribution in [2.24, 2.45) is 5.73 Å². The van der Waals surface area contributed by atoms with Crippen molar-refractivity contribution >= 4 is 27.7 Å². The summed E-state index contributed by atoms with van der Waals surface area (Å²) in [6, 6.07) is 2.42. The Morgan fingerprint density at radius 2 is 2.47 bits per heavy atom. The van der Waals surface area contributed by atoms with Gasteiger partial charge >= 0.3 is 0 Å². The molecule has 1 aliphatic rings. The van der Waals surface area contributed by atoms with Crippen molar-refractivity contribution in [1.82, 2.24) is 9.88 Å². The standard InChI is InChI=1S/C12H18BrN3S/c1-9-8-16(2-3-17-9)12(5-14)10-4-11(13)7-15-6-10/h4,6-7,9,12H,2-3,5,8,14H2,1H3. The lowest BCUT2D eigenvalue weighted by Gasteiger charge is -2.36. The summed E-state index contributed by atoms with van der Waals surface area (Å²) in [5, 5.41) is 0.693. The number of thioether (sulfide) groups is 1. The van der Waals surface area contributed by atoms with Gasteiger partial charge in [0.2, 0.25) is 0 Å². The molecular weight excluding hydrogens is 298 g/mol. The Kier molecular flexibility index (Phi) is 4.85. The molecule has 2 heterocycles. The van der Waals surface area contributed by atoms with Crippen LogP contribution in [0.5, 0.6) is 0 Å². The average molecular weight is 316 g/mol. The van der Waals surface area contributed by atoms with E-state index in [4.69, 9.17) is 5.73 Å². The number of nitrogens with zero attached hydrogens (tertiary/aromatic N) is 2. The molecule has 0 amide bonds. The van der Waals surface area contributed by atoms with Crippen molar-refractivity contribution in [2.45, 2.75) is 18.2 Å². The number of aromatic nitrogens is 1. The van der Waals surface area contributed by atoms with Gasteiger partial charge in [-0.25, -0.2) is 0 Å². The zero-order valence-corrected chi connectivity index (χ0v) is 12.4. The van der Waals surface area contributed by atoms with Crippen LogP contribution in [0, 0.1) is 0 Å². The number of rotatable bonds is 3. The average Bonchev–Trinajstić information content (AvgIpc) is 2.30. The fraction of sp³-hybridized carbons (Fsp3) is 0.583. The van der Waals surface area contributed by atoms with E-state index < -0.39 is 0 Å². The lowest BCUT2D eigenvalue weighted by Crippen LogP contribution is -2.42. The van der Waals surface area contributed by atoms with Crippen molar-refractivity contribution in [2.75, 3.05) is 25.4 Å². The van der Waals surface area contributed by atoms with Crippen molar-refractivity contribution in [3.63, 3.8) is 0 Å². The summed E-state index contributed by atoms with van der Waals surface area (Å²) < 4.78 is 1.02. The fourth-order valence-electron chi connectivity index (χ4n) is 2.23. The zero-order valence-electron chi connectivity index (χ0n) is 9.97. The molecule has 94 valence electrons. The van der Waals surface area contributed by atoms with Crippen LogP contribution < -0.4 is 5.73 Å². The van der Waals surface area contributed by atoms with E-state index in [1.54, 1.807) is 0 Å².